The first-order chi connectivity index (χ1) is 14.6. The number of rotatable bonds is 7. The molecule has 0 radical (unpaired) electrons. The molecule has 1 fully saturated rings. The van der Waals surface area contributed by atoms with Crippen LogP contribution < -0.4 is 16.0 Å². The van der Waals surface area contributed by atoms with Crippen molar-refractivity contribution in [3.05, 3.63) is 57.8 Å². The first-order valence-electron chi connectivity index (χ1n) is 10.6. The Hall–Kier alpha value is -1.65. The second-order valence-corrected chi connectivity index (χ2v) is 8.83. The number of amides is 1. The van der Waals surface area contributed by atoms with Crippen LogP contribution in [-0.4, -0.2) is 57.0 Å². The first-order valence-corrected chi connectivity index (χ1v) is 11.5. The highest BCUT2D eigenvalue weighted by atomic mass is 127. The summed E-state index contributed by atoms with van der Waals surface area (Å²) in [6.07, 6.45) is 2.44. The molecule has 1 aliphatic heterocycles. The maximum absolute atomic E-state index is 12.2. The van der Waals surface area contributed by atoms with Crippen LogP contribution in [-0.2, 0) is 0 Å². The zero-order valence-corrected chi connectivity index (χ0v) is 21.7. The fourth-order valence-corrected chi connectivity index (χ4v) is 5.06. The molecule has 170 valence electrons. The summed E-state index contributed by atoms with van der Waals surface area (Å²) >= 11 is 1.84. The number of nitrogens with one attached hydrogen (secondary N) is 3. The van der Waals surface area contributed by atoms with Crippen molar-refractivity contribution < 1.29 is 4.79 Å². The van der Waals surface area contributed by atoms with Gasteiger partial charge in [-0.15, -0.1) is 35.3 Å². The van der Waals surface area contributed by atoms with E-state index in [0.29, 0.717) is 30.6 Å². The van der Waals surface area contributed by atoms with Crippen LogP contribution in [0.3, 0.4) is 0 Å². The maximum Gasteiger partial charge on any atom is 0.251 e. The van der Waals surface area contributed by atoms with Crippen LogP contribution in [0.15, 0.2) is 46.8 Å². The summed E-state index contributed by atoms with van der Waals surface area (Å²) in [6, 6.07) is 12.5. The van der Waals surface area contributed by atoms with E-state index in [0.717, 1.165) is 24.6 Å². The van der Waals surface area contributed by atoms with E-state index < -0.39 is 0 Å². The monoisotopic (exact) mass is 555 g/mol. The minimum atomic E-state index is -0.0486. The number of carbonyl (C=O) groups excluding carboxylic acids is 1. The number of hydrogen-bond acceptors (Lipinski definition) is 4. The number of halogens is 1. The standard InChI is InChI=1S/C23H33N5OS.HI/c1-17-7-4-8-18(15-17)22(29)25-11-12-26-23(24-2)27-16-19-9-5-13-28(3)21(19)20-10-6-14-30-20;/h4,6-8,10,14-15,19,21H,5,9,11-13,16H2,1-3H3,(H,25,29)(H2,24,26,27);1H. The van der Waals surface area contributed by atoms with Gasteiger partial charge in [-0.3, -0.25) is 14.7 Å². The number of benzene rings is 1. The number of hydrogen-bond donors (Lipinski definition) is 3. The van der Waals surface area contributed by atoms with E-state index in [1.807, 2.05) is 42.5 Å². The normalized spacial score (nSPS) is 19.4. The Morgan fingerprint density at radius 1 is 1.19 bits per heavy atom. The molecule has 0 bridgehead atoms. The van der Waals surface area contributed by atoms with Crippen molar-refractivity contribution in [1.82, 2.24) is 20.9 Å². The third-order valence-electron chi connectivity index (χ3n) is 5.58. The summed E-state index contributed by atoms with van der Waals surface area (Å²) in [6.45, 7) is 5.17. The van der Waals surface area contributed by atoms with Crippen LogP contribution in [0.5, 0.6) is 0 Å². The zero-order chi connectivity index (χ0) is 21.3. The van der Waals surface area contributed by atoms with Crippen LogP contribution in [0.4, 0.5) is 0 Å². The molecule has 2 aromatic rings. The van der Waals surface area contributed by atoms with Gasteiger partial charge >= 0.3 is 0 Å². The molecule has 8 heteroatoms. The molecule has 1 amide bonds. The molecule has 3 N–H and O–H groups in total. The number of piperidine rings is 1. The third kappa shape index (κ3) is 7.47. The number of likely N-dealkylation sites (tertiary alicyclic amines) is 1. The Balaban J connectivity index is 0.00000341. The van der Waals surface area contributed by atoms with E-state index in [-0.39, 0.29) is 29.9 Å². The van der Waals surface area contributed by atoms with Crippen molar-refractivity contribution in [1.29, 1.82) is 0 Å². The smallest absolute Gasteiger partial charge is 0.251 e. The quantitative estimate of drug-likeness (QED) is 0.211. The van der Waals surface area contributed by atoms with Crippen molar-refractivity contribution in [2.24, 2.45) is 10.9 Å². The SMILES string of the molecule is CN=C(NCCNC(=O)c1cccc(C)c1)NCC1CCCN(C)C1c1cccs1.I. The van der Waals surface area contributed by atoms with Crippen molar-refractivity contribution in [3.8, 4) is 0 Å². The molecule has 0 saturated carbocycles. The molecule has 1 aromatic carbocycles. The molecule has 1 aliphatic rings. The van der Waals surface area contributed by atoms with Gasteiger partial charge in [0, 0.05) is 43.2 Å². The number of aryl methyl sites for hydroxylation is 1. The topological polar surface area (TPSA) is 68.8 Å². The van der Waals surface area contributed by atoms with Crippen LogP contribution in [0.25, 0.3) is 0 Å². The van der Waals surface area contributed by atoms with Gasteiger partial charge in [-0.25, -0.2) is 0 Å². The van der Waals surface area contributed by atoms with E-state index in [9.17, 15) is 4.79 Å². The van der Waals surface area contributed by atoms with Gasteiger partial charge in [0.05, 0.1) is 0 Å². The fourth-order valence-electron chi connectivity index (χ4n) is 4.08. The lowest BCUT2D eigenvalue weighted by Crippen LogP contribution is -2.46. The lowest BCUT2D eigenvalue weighted by Gasteiger charge is -2.39. The second-order valence-electron chi connectivity index (χ2n) is 7.85. The summed E-state index contributed by atoms with van der Waals surface area (Å²) < 4.78 is 0. The van der Waals surface area contributed by atoms with E-state index in [4.69, 9.17) is 0 Å². The minimum Gasteiger partial charge on any atom is -0.356 e. The molecule has 2 unspecified atom stereocenters. The Labute approximate surface area is 206 Å². The number of guanidine groups is 1. The van der Waals surface area contributed by atoms with Crippen LogP contribution in [0.2, 0.25) is 0 Å². The lowest BCUT2D eigenvalue weighted by molar-refractivity contribution is 0.0954. The summed E-state index contributed by atoms with van der Waals surface area (Å²) in [5.41, 5.74) is 1.78. The van der Waals surface area contributed by atoms with E-state index >= 15 is 0 Å². The second kappa shape index (κ2) is 13.0. The molecule has 2 atom stereocenters. The predicted octanol–water partition coefficient (Wildman–Crippen LogP) is 3.65. The van der Waals surface area contributed by atoms with Gasteiger partial charge in [0.2, 0.25) is 0 Å². The number of nitrogens with zero attached hydrogens (tertiary/aromatic N) is 2. The Morgan fingerprint density at radius 2 is 2.00 bits per heavy atom. The van der Waals surface area contributed by atoms with E-state index in [1.165, 1.54) is 17.7 Å². The van der Waals surface area contributed by atoms with Crippen molar-refractivity contribution in [2.45, 2.75) is 25.8 Å². The maximum atomic E-state index is 12.2. The Bertz CT molecular complexity index is 842. The zero-order valence-electron chi connectivity index (χ0n) is 18.6. The molecule has 1 aromatic heterocycles. The number of thiophene rings is 1. The summed E-state index contributed by atoms with van der Waals surface area (Å²) in [5, 5.41) is 11.9. The highest BCUT2D eigenvalue weighted by molar-refractivity contribution is 14.0. The molecular weight excluding hydrogens is 521 g/mol. The summed E-state index contributed by atoms with van der Waals surface area (Å²) in [5.74, 6) is 1.27. The Kier molecular flexibility index (Phi) is 10.8. The largest absolute Gasteiger partial charge is 0.356 e. The van der Waals surface area contributed by atoms with Crippen LogP contribution in [0.1, 0.15) is 39.7 Å². The van der Waals surface area contributed by atoms with Gasteiger partial charge in [0.15, 0.2) is 5.96 Å². The highest BCUT2D eigenvalue weighted by Crippen LogP contribution is 2.36. The van der Waals surface area contributed by atoms with E-state index in [1.54, 1.807) is 7.05 Å². The average Bonchev–Trinajstić information content (AvgIpc) is 3.27. The van der Waals surface area contributed by atoms with Gasteiger partial charge < -0.3 is 16.0 Å². The van der Waals surface area contributed by atoms with Crippen molar-refractivity contribution >= 4 is 47.2 Å². The molecule has 0 aliphatic carbocycles. The molecule has 31 heavy (non-hydrogen) atoms. The first kappa shape index (κ1) is 25.6. The lowest BCUT2D eigenvalue weighted by atomic mass is 9.88. The predicted molar refractivity (Wildman–Crippen MR) is 141 cm³/mol. The third-order valence-corrected chi connectivity index (χ3v) is 6.52. The number of carbonyl (C=O) groups is 1. The highest BCUT2D eigenvalue weighted by Gasteiger charge is 2.31. The van der Waals surface area contributed by atoms with Crippen molar-refractivity contribution in [3.63, 3.8) is 0 Å². The van der Waals surface area contributed by atoms with Gasteiger partial charge in [0.25, 0.3) is 5.91 Å². The molecule has 0 spiro atoms. The molecular formula is C23H34IN5OS. The molecule has 2 heterocycles. The van der Waals surface area contributed by atoms with Gasteiger partial charge in [-0.05, 0) is 62.9 Å². The summed E-state index contributed by atoms with van der Waals surface area (Å²) in [4.78, 5) is 20.5. The van der Waals surface area contributed by atoms with Crippen LogP contribution >= 0.6 is 35.3 Å². The molecule has 6 nitrogen and oxygen atoms in total. The van der Waals surface area contributed by atoms with Gasteiger partial charge in [-0.2, -0.15) is 0 Å². The van der Waals surface area contributed by atoms with Crippen LogP contribution in [0, 0.1) is 12.8 Å². The minimum absolute atomic E-state index is 0. The number of aliphatic imine (C=N–C) groups is 1. The van der Waals surface area contributed by atoms with Crippen molar-refractivity contribution in [2.75, 3.05) is 40.3 Å². The Morgan fingerprint density at radius 3 is 2.71 bits per heavy atom. The van der Waals surface area contributed by atoms with Gasteiger partial charge in [0.1, 0.15) is 0 Å². The molecule has 1 saturated heterocycles. The fraction of sp³-hybridized carbons (Fsp3) is 0.478. The van der Waals surface area contributed by atoms with E-state index in [2.05, 4.69) is 50.4 Å². The molecule has 3 rings (SSSR count). The average molecular weight is 556 g/mol. The van der Waals surface area contributed by atoms with Gasteiger partial charge in [-0.1, -0.05) is 23.8 Å². The summed E-state index contributed by atoms with van der Waals surface area (Å²) in [7, 11) is 4.00.